The lowest BCUT2D eigenvalue weighted by atomic mass is 9.96. The van der Waals surface area contributed by atoms with Gasteiger partial charge in [-0.2, -0.15) is 0 Å². The number of ketones is 1. The molecule has 3 aromatic heterocycles. The number of ether oxygens (including phenoxy) is 1. The molecule has 1 amide bonds. The first kappa shape index (κ1) is 27.5. The Morgan fingerprint density at radius 1 is 1.07 bits per heavy atom. The molecule has 1 aliphatic rings. The third kappa shape index (κ3) is 4.88. The monoisotopic (exact) mass is 599 g/mol. The number of aliphatic hydroxyl groups is 1. The molecule has 0 saturated carbocycles. The molecule has 0 bridgehead atoms. The molecule has 5 aromatic rings. The molecule has 0 aliphatic carbocycles. The van der Waals surface area contributed by atoms with Gasteiger partial charge in [0.1, 0.15) is 11.3 Å². The second kappa shape index (κ2) is 11.3. The van der Waals surface area contributed by atoms with Gasteiger partial charge in [-0.1, -0.05) is 65.6 Å². The van der Waals surface area contributed by atoms with Gasteiger partial charge in [-0.25, -0.2) is 4.98 Å². The van der Waals surface area contributed by atoms with Gasteiger partial charge in [0, 0.05) is 11.9 Å². The van der Waals surface area contributed by atoms with Crippen LogP contribution in [0.15, 0.2) is 82.8 Å². The van der Waals surface area contributed by atoms with Crippen LogP contribution in [0.4, 0.5) is 5.13 Å². The maximum atomic E-state index is 13.7. The number of imidazole rings is 1. The highest BCUT2D eigenvalue weighted by Gasteiger charge is 2.49. The highest BCUT2D eigenvalue weighted by atomic mass is 32.2. The fourth-order valence-corrected chi connectivity index (χ4v) is 6.74. The van der Waals surface area contributed by atoms with Crippen molar-refractivity contribution in [3.8, 4) is 11.5 Å². The van der Waals surface area contributed by atoms with Crippen molar-refractivity contribution in [2.75, 3.05) is 11.5 Å². The summed E-state index contributed by atoms with van der Waals surface area (Å²) >= 11 is 2.65. The topological polar surface area (TPSA) is 130 Å². The fourth-order valence-electron chi connectivity index (χ4n) is 4.92. The van der Waals surface area contributed by atoms with Crippen LogP contribution in [0.3, 0.4) is 0 Å². The quantitative estimate of drug-likeness (QED) is 0.0779. The van der Waals surface area contributed by atoms with Crippen LogP contribution < -0.4 is 9.64 Å². The summed E-state index contributed by atoms with van der Waals surface area (Å²) in [5.74, 6) is -1.35. The van der Waals surface area contributed by atoms with Gasteiger partial charge in [-0.05, 0) is 49.2 Å². The number of nitrogens with zero attached hydrogens (tertiary/aromatic N) is 5. The van der Waals surface area contributed by atoms with Gasteiger partial charge in [0.25, 0.3) is 5.78 Å². The molecule has 12 heteroatoms. The van der Waals surface area contributed by atoms with Crippen LogP contribution in [-0.2, 0) is 15.3 Å². The summed E-state index contributed by atoms with van der Waals surface area (Å²) in [5, 5.41) is 30.8. The number of hydrogen-bond donors (Lipinski definition) is 2. The first-order chi connectivity index (χ1) is 20.4. The Morgan fingerprint density at radius 3 is 2.64 bits per heavy atom. The van der Waals surface area contributed by atoms with Gasteiger partial charge >= 0.3 is 5.91 Å². The van der Waals surface area contributed by atoms with Crippen molar-refractivity contribution >= 4 is 51.3 Å². The minimum absolute atomic E-state index is 0.0920. The molecule has 0 spiro atoms. The van der Waals surface area contributed by atoms with Crippen molar-refractivity contribution in [3.05, 3.63) is 101 Å². The number of Topliss-reactive ketones (excluding diaryl/α,β-unsaturated/α-hetero) is 1. The SMILES string of the molecule is CCOc1cc(C2C(=C(O)c3c(C)nc4ccccn34)C(=O)C(=O)N2c2nnc(SCc3ccccc3)s2)ccc1O. The normalized spacial score (nSPS) is 16.4. The maximum absolute atomic E-state index is 13.7. The molecular formula is C30H25N5O5S2. The van der Waals surface area contributed by atoms with E-state index in [1.807, 2.05) is 36.4 Å². The second-order valence-corrected chi connectivity index (χ2v) is 11.6. The van der Waals surface area contributed by atoms with Gasteiger partial charge in [-0.15, -0.1) is 10.2 Å². The molecule has 6 rings (SSSR count). The zero-order valence-corrected chi connectivity index (χ0v) is 24.2. The molecule has 1 atom stereocenters. The number of aromatic hydroxyl groups is 1. The Morgan fingerprint density at radius 2 is 1.86 bits per heavy atom. The van der Waals surface area contributed by atoms with E-state index < -0.39 is 17.7 Å². The second-order valence-electron chi connectivity index (χ2n) is 9.43. The number of hydrogen-bond acceptors (Lipinski definition) is 10. The van der Waals surface area contributed by atoms with Gasteiger partial charge in [0.05, 0.1) is 23.9 Å². The lowest BCUT2D eigenvalue weighted by Gasteiger charge is -2.23. The predicted molar refractivity (Wildman–Crippen MR) is 160 cm³/mol. The number of thioether (sulfide) groups is 1. The van der Waals surface area contributed by atoms with E-state index in [4.69, 9.17) is 4.74 Å². The lowest BCUT2D eigenvalue weighted by Crippen LogP contribution is -2.29. The number of rotatable bonds is 8. The van der Waals surface area contributed by atoms with E-state index in [1.165, 1.54) is 34.1 Å². The molecule has 42 heavy (non-hydrogen) atoms. The summed E-state index contributed by atoms with van der Waals surface area (Å²) in [5.41, 5.74) is 2.78. The number of amides is 1. The van der Waals surface area contributed by atoms with Gasteiger partial charge in [-0.3, -0.25) is 18.9 Å². The van der Waals surface area contributed by atoms with Crippen LogP contribution in [0.5, 0.6) is 11.5 Å². The van der Waals surface area contributed by atoms with Crippen LogP contribution in [0, 0.1) is 6.92 Å². The summed E-state index contributed by atoms with van der Waals surface area (Å²) in [7, 11) is 0. The number of benzene rings is 2. The number of fused-ring (bicyclic) bond motifs is 1. The average Bonchev–Trinajstić information content (AvgIpc) is 3.67. The molecule has 1 aliphatic heterocycles. The van der Waals surface area contributed by atoms with Crippen LogP contribution >= 0.6 is 23.1 Å². The first-order valence-electron chi connectivity index (χ1n) is 13.1. The van der Waals surface area contributed by atoms with E-state index in [1.54, 1.807) is 48.7 Å². The fraction of sp³-hybridized carbons (Fsp3) is 0.167. The van der Waals surface area contributed by atoms with E-state index in [0.717, 1.165) is 5.56 Å². The third-order valence-corrected chi connectivity index (χ3v) is 8.91. The number of carbonyl (C=O) groups excluding carboxylic acids is 2. The molecule has 1 saturated heterocycles. The zero-order chi connectivity index (χ0) is 29.4. The zero-order valence-electron chi connectivity index (χ0n) is 22.6. The summed E-state index contributed by atoms with van der Waals surface area (Å²) in [4.78, 5) is 33.1. The number of pyridine rings is 1. The molecule has 1 fully saturated rings. The summed E-state index contributed by atoms with van der Waals surface area (Å²) in [6.45, 7) is 3.79. The van der Waals surface area contributed by atoms with Crippen LogP contribution in [0.2, 0.25) is 0 Å². The van der Waals surface area contributed by atoms with Gasteiger partial charge < -0.3 is 14.9 Å². The molecule has 0 radical (unpaired) electrons. The van der Waals surface area contributed by atoms with Crippen LogP contribution in [0.1, 0.15) is 35.5 Å². The van der Waals surface area contributed by atoms with Crippen molar-refractivity contribution in [1.82, 2.24) is 19.6 Å². The predicted octanol–water partition coefficient (Wildman–Crippen LogP) is 5.52. The highest BCUT2D eigenvalue weighted by Crippen LogP contribution is 2.45. The van der Waals surface area contributed by atoms with E-state index in [0.29, 0.717) is 32.7 Å². The van der Waals surface area contributed by atoms with E-state index in [9.17, 15) is 19.8 Å². The number of aromatic nitrogens is 4. The van der Waals surface area contributed by atoms with Crippen LogP contribution in [-0.4, -0.2) is 48.1 Å². The van der Waals surface area contributed by atoms with Crippen molar-refractivity contribution in [3.63, 3.8) is 0 Å². The smallest absolute Gasteiger partial charge is 0.301 e. The number of aliphatic hydroxyl groups excluding tert-OH is 1. The minimum Gasteiger partial charge on any atom is -0.505 e. The van der Waals surface area contributed by atoms with Crippen LogP contribution in [0.25, 0.3) is 11.4 Å². The Balaban J connectivity index is 1.48. The molecule has 4 heterocycles. The van der Waals surface area contributed by atoms with Crippen molar-refractivity contribution in [2.24, 2.45) is 0 Å². The Hall–Kier alpha value is -4.68. The highest BCUT2D eigenvalue weighted by molar-refractivity contribution is 8.00. The van der Waals surface area contributed by atoms with Gasteiger partial charge in [0.2, 0.25) is 5.13 Å². The number of phenols is 1. The van der Waals surface area contributed by atoms with Crippen molar-refractivity contribution < 1.29 is 24.5 Å². The molecule has 212 valence electrons. The molecule has 10 nitrogen and oxygen atoms in total. The van der Waals surface area contributed by atoms with Crippen molar-refractivity contribution in [2.45, 2.75) is 30.0 Å². The summed E-state index contributed by atoms with van der Waals surface area (Å²) in [6.07, 6.45) is 1.73. The standard InChI is InChI=1S/C30H25N5O5S2/c1-3-40-21-15-19(12-13-20(21)36)25-23(26(37)24-17(2)31-22-11-7-8-14-34(22)24)27(38)28(39)35(25)29-32-33-30(42-29)41-16-18-9-5-4-6-10-18/h4-15,25,36-37H,3,16H2,1-2H3. The molecule has 1 unspecified atom stereocenters. The number of phenolic OH excluding ortho intramolecular Hbond substituents is 1. The van der Waals surface area contributed by atoms with E-state index >= 15 is 0 Å². The van der Waals surface area contributed by atoms with Crippen molar-refractivity contribution in [1.29, 1.82) is 0 Å². The number of anilines is 1. The van der Waals surface area contributed by atoms with Gasteiger partial charge in [0.15, 0.2) is 21.6 Å². The number of aryl methyl sites for hydroxylation is 1. The lowest BCUT2D eigenvalue weighted by molar-refractivity contribution is -0.132. The molecule has 2 aromatic carbocycles. The minimum atomic E-state index is -1.07. The third-order valence-electron chi connectivity index (χ3n) is 6.78. The summed E-state index contributed by atoms with van der Waals surface area (Å²) < 4.78 is 7.88. The van der Waals surface area contributed by atoms with E-state index in [2.05, 4.69) is 15.2 Å². The summed E-state index contributed by atoms with van der Waals surface area (Å²) in [6, 6.07) is 18.8. The molecular weight excluding hydrogens is 574 g/mol. The largest absolute Gasteiger partial charge is 0.505 e. The Bertz CT molecular complexity index is 1850. The Labute approximate surface area is 248 Å². The average molecular weight is 600 g/mol. The Kier molecular flexibility index (Phi) is 7.40. The first-order valence-corrected chi connectivity index (χ1v) is 14.9. The maximum Gasteiger partial charge on any atom is 0.301 e. The molecule has 2 N–H and O–H groups in total. The van der Waals surface area contributed by atoms with E-state index in [-0.39, 0.29) is 34.6 Å². The number of carbonyl (C=O) groups is 2.